The van der Waals surface area contributed by atoms with Gasteiger partial charge in [-0.15, -0.1) is 0 Å². The highest BCUT2D eigenvalue weighted by molar-refractivity contribution is 5.92. The van der Waals surface area contributed by atoms with Gasteiger partial charge in [0.2, 0.25) is 11.8 Å². The maximum atomic E-state index is 12.0. The third-order valence-corrected chi connectivity index (χ3v) is 3.55. The second kappa shape index (κ2) is 8.45. The Morgan fingerprint density at radius 3 is 2.24 bits per heavy atom. The van der Waals surface area contributed by atoms with Crippen molar-refractivity contribution in [2.75, 3.05) is 25.0 Å². The van der Waals surface area contributed by atoms with Gasteiger partial charge in [0.15, 0.2) is 0 Å². The first kappa shape index (κ1) is 17.2. The Balaban J connectivity index is 2.62. The molecule has 0 heterocycles. The molecule has 21 heavy (non-hydrogen) atoms. The van der Waals surface area contributed by atoms with Gasteiger partial charge in [-0.25, -0.2) is 0 Å². The molecule has 0 unspecified atom stereocenters. The molecule has 0 N–H and O–H groups in total. The van der Waals surface area contributed by atoms with Crippen molar-refractivity contribution in [2.24, 2.45) is 0 Å². The first-order chi connectivity index (χ1) is 9.95. The Labute approximate surface area is 127 Å². The number of anilines is 1. The van der Waals surface area contributed by atoms with Gasteiger partial charge in [-0.1, -0.05) is 31.0 Å². The van der Waals surface area contributed by atoms with Gasteiger partial charge in [0.1, 0.15) is 0 Å². The van der Waals surface area contributed by atoms with E-state index in [-0.39, 0.29) is 11.8 Å². The van der Waals surface area contributed by atoms with Crippen molar-refractivity contribution in [3.05, 3.63) is 29.8 Å². The molecule has 0 atom stereocenters. The highest BCUT2D eigenvalue weighted by Gasteiger charge is 2.15. The highest BCUT2D eigenvalue weighted by Crippen LogP contribution is 2.16. The van der Waals surface area contributed by atoms with Gasteiger partial charge >= 0.3 is 0 Å². The smallest absolute Gasteiger partial charge is 0.224 e. The summed E-state index contributed by atoms with van der Waals surface area (Å²) in [6.45, 7) is 6.85. The van der Waals surface area contributed by atoms with Crippen molar-refractivity contribution in [2.45, 2.75) is 40.0 Å². The van der Waals surface area contributed by atoms with E-state index in [1.54, 1.807) is 9.80 Å². The maximum Gasteiger partial charge on any atom is 0.224 e. The molecular weight excluding hydrogens is 264 g/mol. The number of carbonyl (C=O) groups is 2. The van der Waals surface area contributed by atoms with E-state index in [4.69, 9.17) is 0 Å². The van der Waals surface area contributed by atoms with Gasteiger partial charge in [-0.05, 0) is 25.5 Å². The van der Waals surface area contributed by atoms with E-state index < -0.39 is 0 Å². The minimum absolute atomic E-state index is 0.0390. The number of hydrogen-bond acceptors (Lipinski definition) is 2. The zero-order chi connectivity index (χ0) is 15.8. The fourth-order valence-corrected chi connectivity index (χ4v) is 2.11. The van der Waals surface area contributed by atoms with Crippen LogP contribution in [0.5, 0.6) is 0 Å². The minimum atomic E-state index is -0.0390. The lowest BCUT2D eigenvalue weighted by molar-refractivity contribution is -0.129. The van der Waals surface area contributed by atoms with Crippen LogP contribution in [-0.4, -0.2) is 36.9 Å². The summed E-state index contributed by atoms with van der Waals surface area (Å²) in [4.78, 5) is 27.2. The topological polar surface area (TPSA) is 40.6 Å². The average molecular weight is 290 g/mol. The van der Waals surface area contributed by atoms with Crippen molar-refractivity contribution in [3.63, 3.8) is 0 Å². The van der Waals surface area contributed by atoms with Crippen LogP contribution in [0.25, 0.3) is 0 Å². The molecule has 0 fully saturated rings. The van der Waals surface area contributed by atoms with Gasteiger partial charge in [0, 0.05) is 39.2 Å². The summed E-state index contributed by atoms with van der Waals surface area (Å²) in [6.07, 6.45) is 2.44. The molecule has 4 nitrogen and oxygen atoms in total. The molecule has 0 aliphatic rings. The number of aryl methyl sites for hydroxylation is 1. The van der Waals surface area contributed by atoms with E-state index in [0.29, 0.717) is 13.0 Å². The van der Waals surface area contributed by atoms with Crippen LogP contribution in [0.4, 0.5) is 5.69 Å². The van der Waals surface area contributed by atoms with E-state index in [0.717, 1.165) is 30.6 Å². The monoisotopic (exact) mass is 290 g/mol. The van der Waals surface area contributed by atoms with Crippen molar-refractivity contribution in [3.8, 4) is 0 Å². The van der Waals surface area contributed by atoms with Crippen molar-refractivity contribution in [1.29, 1.82) is 0 Å². The third kappa shape index (κ3) is 5.58. The SMILES string of the molecule is CCCCN(C)C(=O)CCN(C(C)=O)c1ccc(C)cc1. The summed E-state index contributed by atoms with van der Waals surface area (Å²) in [5.74, 6) is 0.0460. The lowest BCUT2D eigenvalue weighted by Crippen LogP contribution is -2.35. The lowest BCUT2D eigenvalue weighted by atomic mass is 10.2. The quantitative estimate of drug-likeness (QED) is 0.774. The lowest BCUT2D eigenvalue weighted by Gasteiger charge is -2.23. The molecule has 1 rings (SSSR count). The molecule has 2 amide bonds. The molecule has 0 aromatic heterocycles. The van der Waals surface area contributed by atoms with Gasteiger partial charge < -0.3 is 9.80 Å². The van der Waals surface area contributed by atoms with Crippen molar-refractivity contribution >= 4 is 17.5 Å². The van der Waals surface area contributed by atoms with Crippen LogP contribution in [0, 0.1) is 6.92 Å². The molecule has 0 saturated heterocycles. The van der Waals surface area contributed by atoms with E-state index in [2.05, 4.69) is 6.92 Å². The second-order valence-corrected chi connectivity index (χ2v) is 5.43. The molecular formula is C17H26N2O2. The molecule has 0 bridgehead atoms. The maximum absolute atomic E-state index is 12.0. The fourth-order valence-electron chi connectivity index (χ4n) is 2.11. The van der Waals surface area contributed by atoms with Crippen LogP contribution in [0.3, 0.4) is 0 Å². The third-order valence-electron chi connectivity index (χ3n) is 3.55. The Morgan fingerprint density at radius 1 is 1.10 bits per heavy atom. The molecule has 0 aliphatic heterocycles. The Morgan fingerprint density at radius 2 is 1.71 bits per heavy atom. The van der Waals surface area contributed by atoms with Crippen LogP contribution in [0.15, 0.2) is 24.3 Å². The van der Waals surface area contributed by atoms with Gasteiger partial charge in [-0.3, -0.25) is 9.59 Å². The summed E-state index contributed by atoms with van der Waals surface area (Å²) in [5, 5.41) is 0. The molecule has 0 spiro atoms. The summed E-state index contributed by atoms with van der Waals surface area (Å²) in [7, 11) is 1.82. The van der Waals surface area contributed by atoms with Crippen LogP contribution in [0.1, 0.15) is 38.7 Å². The molecule has 0 radical (unpaired) electrons. The summed E-state index contributed by atoms with van der Waals surface area (Å²) in [5.41, 5.74) is 2.00. The van der Waals surface area contributed by atoms with Gasteiger partial charge in [0.25, 0.3) is 0 Å². The highest BCUT2D eigenvalue weighted by atomic mass is 16.2. The predicted molar refractivity (Wildman–Crippen MR) is 86.4 cm³/mol. The zero-order valence-electron chi connectivity index (χ0n) is 13.6. The van der Waals surface area contributed by atoms with Crippen molar-refractivity contribution < 1.29 is 9.59 Å². The van der Waals surface area contributed by atoms with Crippen LogP contribution in [0.2, 0.25) is 0 Å². The van der Waals surface area contributed by atoms with Gasteiger partial charge in [-0.2, -0.15) is 0 Å². The molecule has 116 valence electrons. The second-order valence-electron chi connectivity index (χ2n) is 5.43. The van der Waals surface area contributed by atoms with E-state index >= 15 is 0 Å². The summed E-state index contributed by atoms with van der Waals surface area (Å²) >= 11 is 0. The summed E-state index contributed by atoms with van der Waals surface area (Å²) < 4.78 is 0. The number of carbonyl (C=O) groups excluding carboxylic acids is 2. The van der Waals surface area contributed by atoms with Gasteiger partial charge in [0.05, 0.1) is 0 Å². The normalized spacial score (nSPS) is 10.3. The largest absolute Gasteiger partial charge is 0.346 e. The van der Waals surface area contributed by atoms with Crippen LogP contribution in [-0.2, 0) is 9.59 Å². The number of amides is 2. The number of rotatable bonds is 7. The number of unbranched alkanes of at least 4 members (excludes halogenated alkanes) is 1. The standard InChI is InChI=1S/C17H26N2O2/c1-5-6-12-18(4)17(21)11-13-19(15(3)20)16-9-7-14(2)8-10-16/h7-10H,5-6,11-13H2,1-4H3. The Kier molecular flexibility index (Phi) is 6.92. The molecule has 4 heteroatoms. The average Bonchev–Trinajstić information content (AvgIpc) is 2.46. The predicted octanol–water partition coefficient (Wildman–Crippen LogP) is 3.00. The Hall–Kier alpha value is -1.84. The number of hydrogen-bond donors (Lipinski definition) is 0. The van der Waals surface area contributed by atoms with E-state index in [1.807, 2.05) is 38.2 Å². The van der Waals surface area contributed by atoms with E-state index in [9.17, 15) is 9.59 Å². The first-order valence-corrected chi connectivity index (χ1v) is 7.54. The summed E-state index contributed by atoms with van der Waals surface area (Å²) in [6, 6.07) is 7.78. The molecule has 0 aliphatic carbocycles. The van der Waals surface area contributed by atoms with E-state index in [1.165, 1.54) is 6.92 Å². The zero-order valence-corrected chi connectivity index (χ0v) is 13.6. The molecule has 1 aromatic carbocycles. The Bertz CT molecular complexity index is 468. The first-order valence-electron chi connectivity index (χ1n) is 7.54. The number of nitrogens with zero attached hydrogens (tertiary/aromatic N) is 2. The number of benzene rings is 1. The molecule has 1 aromatic rings. The fraction of sp³-hybridized carbons (Fsp3) is 0.529. The van der Waals surface area contributed by atoms with Crippen LogP contribution < -0.4 is 4.90 Å². The van der Waals surface area contributed by atoms with Crippen molar-refractivity contribution in [1.82, 2.24) is 4.90 Å². The minimum Gasteiger partial charge on any atom is -0.346 e. The molecule has 0 saturated carbocycles. The van der Waals surface area contributed by atoms with Crippen LogP contribution >= 0.6 is 0 Å².